The van der Waals surface area contributed by atoms with Gasteiger partial charge in [-0.2, -0.15) is 0 Å². The summed E-state index contributed by atoms with van der Waals surface area (Å²) >= 11 is 0. The second-order valence-electron chi connectivity index (χ2n) is 4.39. The van der Waals surface area contributed by atoms with Crippen LogP contribution in [0, 0.1) is 0 Å². The molecule has 0 aliphatic rings. The van der Waals surface area contributed by atoms with Gasteiger partial charge in [-0.05, 0) is 20.8 Å². The summed E-state index contributed by atoms with van der Waals surface area (Å²) in [6, 6.07) is 0. The SMILES string of the molecule is CC(C)(C)OC=O.CCCCCCC. The Balaban J connectivity index is 0. The summed E-state index contributed by atoms with van der Waals surface area (Å²) in [4.78, 5) is 9.60. The first-order valence-electron chi connectivity index (χ1n) is 5.59. The minimum atomic E-state index is -0.318. The molecule has 0 aromatic rings. The van der Waals surface area contributed by atoms with E-state index in [2.05, 4.69) is 18.6 Å². The molecule has 0 saturated heterocycles. The minimum absolute atomic E-state index is 0.318. The number of hydrogen-bond acceptors (Lipinski definition) is 2. The smallest absolute Gasteiger partial charge is 0.293 e. The van der Waals surface area contributed by atoms with Gasteiger partial charge in [0.15, 0.2) is 0 Å². The Morgan fingerprint density at radius 1 is 1.00 bits per heavy atom. The van der Waals surface area contributed by atoms with E-state index in [0.29, 0.717) is 6.47 Å². The third-order valence-corrected chi connectivity index (χ3v) is 1.61. The van der Waals surface area contributed by atoms with Gasteiger partial charge in [-0.15, -0.1) is 0 Å². The molecule has 0 aliphatic carbocycles. The van der Waals surface area contributed by atoms with Crippen molar-refractivity contribution in [3.05, 3.63) is 0 Å². The lowest BCUT2D eigenvalue weighted by molar-refractivity contribution is -0.138. The summed E-state index contributed by atoms with van der Waals surface area (Å²) < 4.78 is 4.55. The van der Waals surface area contributed by atoms with Crippen LogP contribution in [0.3, 0.4) is 0 Å². The highest BCUT2D eigenvalue weighted by Gasteiger charge is 2.07. The normalized spacial score (nSPS) is 10.1. The molecule has 0 N–H and O–H groups in total. The lowest BCUT2D eigenvalue weighted by atomic mass is 10.2. The Bertz CT molecular complexity index is 110. The van der Waals surface area contributed by atoms with Crippen molar-refractivity contribution in [3.8, 4) is 0 Å². The monoisotopic (exact) mass is 202 g/mol. The molecule has 0 spiro atoms. The van der Waals surface area contributed by atoms with E-state index in [9.17, 15) is 4.79 Å². The Labute approximate surface area is 89.0 Å². The van der Waals surface area contributed by atoms with Gasteiger partial charge in [-0.1, -0.05) is 46.0 Å². The fraction of sp³-hybridized carbons (Fsp3) is 0.917. The fourth-order valence-electron chi connectivity index (χ4n) is 0.821. The van der Waals surface area contributed by atoms with Gasteiger partial charge in [0.25, 0.3) is 6.47 Å². The van der Waals surface area contributed by atoms with E-state index in [1.807, 2.05) is 20.8 Å². The predicted molar refractivity (Wildman–Crippen MR) is 61.3 cm³/mol. The molecule has 0 aromatic carbocycles. The van der Waals surface area contributed by atoms with Gasteiger partial charge in [0, 0.05) is 0 Å². The third-order valence-electron chi connectivity index (χ3n) is 1.61. The van der Waals surface area contributed by atoms with Crippen LogP contribution in [0.1, 0.15) is 66.7 Å². The van der Waals surface area contributed by atoms with Gasteiger partial charge in [0.2, 0.25) is 0 Å². The number of carbonyl (C=O) groups excluding carboxylic acids is 1. The molecule has 0 aliphatic heterocycles. The number of unbranched alkanes of at least 4 members (excludes halogenated alkanes) is 4. The molecule has 0 fully saturated rings. The Hall–Kier alpha value is -0.530. The molecule has 0 radical (unpaired) electrons. The number of ether oxygens (including phenoxy) is 1. The zero-order valence-electron chi connectivity index (χ0n) is 10.4. The Morgan fingerprint density at radius 3 is 1.57 bits per heavy atom. The van der Waals surface area contributed by atoms with Gasteiger partial charge in [-0.3, -0.25) is 4.79 Å². The highest BCUT2D eigenvalue weighted by Crippen LogP contribution is 2.02. The lowest BCUT2D eigenvalue weighted by Gasteiger charge is -2.14. The highest BCUT2D eigenvalue weighted by molar-refractivity contribution is 5.37. The molecule has 2 nitrogen and oxygen atoms in total. The standard InChI is InChI=1S/C7H16.C5H10O2/c1-3-5-7-6-4-2;1-5(2,3)7-4-6/h3-7H2,1-2H3;4H,1-3H3. The van der Waals surface area contributed by atoms with Crippen molar-refractivity contribution in [2.45, 2.75) is 72.3 Å². The Kier molecular flexibility index (Phi) is 12.0. The van der Waals surface area contributed by atoms with Crippen molar-refractivity contribution in [2.24, 2.45) is 0 Å². The summed E-state index contributed by atoms with van der Waals surface area (Å²) in [6.07, 6.45) is 7.01. The van der Waals surface area contributed by atoms with Crippen molar-refractivity contribution in [1.29, 1.82) is 0 Å². The maximum absolute atomic E-state index is 9.60. The quantitative estimate of drug-likeness (QED) is 0.498. The fourth-order valence-corrected chi connectivity index (χ4v) is 0.821. The first-order chi connectivity index (χ1) is 6.47. The van der Waals surface area contributed by atoms with Crippen molar-refractivity contribution >= 4 is 6.47 Å². The average Bonchev–Trinajstić information content (AvgIpc) is 2.04. The van der Waals surface area contributed by atoms with E-state index < -0.39 is 0 Å². The second-order valence-corrected chi connectivity index (χ2v) is 4.39. The average molecular weight is 202 g/mol. The molecular weight excluding hydrogens is 176 g/mol. The van der Waals surface area contributed by atoms with Gasteiger partial charge in [-0.25, -0.2) is 0 Å². The van der Waals surface area contributed by atoms with Gasteiger partial charge < -0.3 is 4.74 Å². The van der Waals surface area contributed by atoms with E-state index in [4.69, 9.17) is 0 Å². The van der Waals surface area contributed by atoms with Crippen molar-refractivity contribution < 1.29 is 9.53 Å². The molecule has 2 heteroatoms. The summed E-state index contributed by atoms with van der Waals surface area (Å²) in [7, 11) is 0. The van der Waals surface area contributed by atoms with Crippen LogP contribution >= 0.6 is 0 Å². The van der Waals surface area contributed by atoms with E-state index in [1.165, 1.54) is 32.1 Å². The van der Waals surface area contributed by atoms with E-state index in [-0.39, 0.29) is 5.60 Å². The topological polar surface area (TPSA) is 26.3 Å². The van der Waals surface area contributed by atoms with Crippen molar-refractivity contribution in [1.82, 2.24) is 0 Å². The zero-order valence-corrected chi connectivity index (χ0v) is 10.4. The number of hydrogen-bond donors (Lipinski definition) is 0. The summed E-state index contributed by atoms with van der Waals surface area (Å²) in [5.74, 6) is 0. The van der Waals surface area contributed by atoms with Gasteiger partial charge >= 0.3 is 0 Å². The maximum atomic E-state index is 9.60. The maximum Gasteiger partial charge on any atom is 0.293 e. The highest BCUT2D eigenvalue weighted by atomic mass is 16.5. The van der Waals surface area contributed by atoms with Crippen molar-refractivity contribution in [3.63, 3.8) is 0 Å². The van der Waals surface area contributed by atoms with Crippen LogP contribution in [-0.2, 0) is 9.53 Å². The summed E-state index contributed by atoms with van der Waals surface area (Å²) in [5, 5.41) is 0. The molecule has 0 amide bonds. The van der Waals surface area contributed by atoms with Gasteiger partial charge in [0.05, 0.1) is 0 Å². The first kappa shape index (κ1) is 15.9. The number of carbonyl (C=O) groups is 1. The van der Waals surface area contributed by atoms with E-state index >= 15 is 0 Å². The molecule has 0 rings (SSSR count). The number of rotatable bonds is 5. The third kappa shape index (κ3) is 22.5. The molecule has 0 aromatic heterocycles. The zero-order chi connectivity index (χ0) is 11.4. The second kappa shape index (κ2) is 10.6. The van der Waals surface area contributed by atoms with Gasteiger partial charge in [0.1, 0.15) is 5.60 Å². The minimum Gasteiger partial charge on any atom is -0.462 e. The summed E-state index contributed by atoms with van der Waals surface area (Å²) in [5.41, 5.74) is -0.318. The largest absolute Gasteiger partial charge is 0.462 e. The van der Waals surface area contributed by atoms with Crippen molar-refractivity contribution in [2.75, 3.05) is 0 Å². The molecule has 14 heavy (non-hydrogen) atoms. The van der Waals surface area contributed by atoms with Crippen LogP contribution in [-0.4, -0.2) is 12.1 Å². The van der Waals surface area contributed by atoms with Crippen LogP contribution in [0.15, 0.2) is 0 Å². The van der Waals surface area contributed by atoms with Crippen LogP contribution in [0.5, 0.6) is 0 Å². The van der Waals surface area contributed by atoms with E-state index in [0.717, 1.165) is 0 Å². The molecular formula is C12H26O2. The van der Waals surface area contributed by atoms with Crippen LogP contribution < -0.4 is 0 Å². The first-order valence-corrected chi connectivity index (χ1v) is 5.59. The van der Waals surface area contributed by atoms with E-state index in [1.54, 1.807) is 0 Å². The molecule has 86 valence electrons. The molecule has 0 saturated carbocycles. The molecule has 0 heterocycles. The van der Waals surface area contributed by atoms with Crippen LogP contribution in [0.2, 0.25) is 0 Å². The van der Waals surface area contributed by atoms with Crippen LogP contribution in [0.4, 0.5) is 0 Å². The Morgan fingerprint density at radius 2 is 1.43 bits per heavy atom. The predicted octanol–water partition coefficient (Wildman–Crippen LogP) is 3.93. The summed E-state index contributed by atoms with van der Waals surface area (Å²) in [6.45, 7) is 10.4. The lowest BCUT2D eigenvalue weighted by Crippen LogP contribution is -2.17. The molecule has 0 bridgehead atoms. The van der Waals surface area contributed by atoms with Crippen LogP contribution in [0.25, 0.3) is 0 Å². The molecule has 0 unspecified atom stereocenters. The molecule has 0 atom stereocenters.